The number of fused-ring (bicyclic) bond motifs is 1. The molecule has 3 heterocycles. The van der Waals surface area contributed by atoms with Crippen molar-refractivity contribution in [2.24, 2.45) is 0 Å². The van der Waals surface area contributed by atoms with Gasteiger partial charge in [0.15, 0.2) is 5.11 Å². The van der Waals surface area contributed by atoms with Crippen LogP contribution in [0, 0.1) is 25.2 Å². The summed E-state index contributed by atoms with van der Waals surface area (Å²) in [5.41, 5.74) is 4.29. The summed E-state index contributed by atoms with van der Waals surface area (Å²) in [6, 6.07) is 10.1. The Morgan fingerprint density at radius 1 is 1.22 bits per heavy atom. The van der Waals surface area contributed by atoms with Crippen molar-refractivity contribution in [1.82, 2.24) is 9.88 Å². The number of carbonyl (C=O) groups excluding carboxylic acids is 2. The van der Waals surface area contributed by atoms with Crippen molar-refractivity contribution in [3.63, 3.8) is 0 Å². The summed E-state index contributed by atoms with van der Waals surface area (Å²) in [5, 5.41) is 22.5. The lowest BCUT2D eigenvalue weighted by Crippen LogP contribution is -2.54. The second-order valence-electron chi connectivity index (χ2n) is 8.98. The van der Waals surface area contributed by atoms with Crippen LogP contribution in [0.2, 0.25) is 0 Å². The number of nitrogens with zero attached hydrogens (tertiary/aromatic N) is 3. The number of carbonyl (C=O) groups is 3. The maximum Gasteiger partial charge on any atom is 0.335 e. The average molecular weight is 531 g/mol. The SMILES string of the molecule is Cc1cc(C=C2C(=O)NC(=S)N(c3cccc(C(=O)O)c3)C2=O)c(C)n1-c1sc2c(c1C#N)CCCC2. The minimum atomic E-state index is -1.14. The lowest BCUT2D eigenvalue weighted by molar-refractivity contribution is -0.122. The van der Waals surface area contributed by atoms with Gasteiger partial charge in [0, 0.05) is 16.3 Å². The first-order chi connectivity index (χ1) is 17.7. The zero-order chi connectivity index (χ0) is 26.4. The number of nitriles is 1. The Labute approximate surface area is 222 Å². The molecular formula is C27H22N4O4S2. The average Bonchev–Trinajstić information content (AvgIpc) is 3.37. The van der Waals surface area contributed by atoms with Crippen LogP contribution in [-0.2, 0) is 22.4 Å². The summed E-state index contributed by atoms with van der Waals surface area (Å²) < 4.78 is 2.01. The summed E-state index contributed by atoms with van der Waals surface area (Å²) in [6.07, 6.45) is 5.58. The molecule has 0 radical (unpaired) electrons. The number of hydrogen-bond acceptors (Lipinski definition) is 6. The molecule has 0 bridgehead atoms. The second kappa shape index (κ2) is 9.42. The van der Waals surface area contributed by atoms with E-state index in [9.17, 15) is 24.8 Å². The Balaban J connectivity index is 1.57. The van der Waals surface area contributed by atoms with E-state index in [1.807, 2.05) is 24.5 Å². The Hall–Kier alpha value is -4.07. The lowest BCUT2D eigenvalue weighted by atomic mass is 9.96. The normalized spacial score (nSPS) is 16.5. The van der Waals surface area contributed by atoms with E-state index in [4.69, 9.17) is 12.2 Å². The number of hydrogen-bond donors (Lipinski definition) is 2. The number of aromatic nitrogens is 1. The molecule has 2 aromatic heterocycles. The van der Waals surface area contributed by atoms with E-state index < -0.39 is 17.8 Å². The largest absolute Gasteiger partial charge is 0.478 e. The molecule has 2 aliphatic rings. The third kappa shape index (κ3) is 4.16. The highest BCUT2D eigenvalue weighted by Gasteiger charge is 2.35. The molecule has 2 amide bonds. The first-order valence-electron chi connectivity index (χ1n) is 11.7. The fraction of sp³-hybridized carbons (Fsp3) is 0.222. The van der Waals surface area contributed by atoms with Crippen molar-refractivity contribution in [2.45, 2.75) is 39.5 Å². The molecule has 186 valence electrons. The first-order valence-corrected chi connectivity index (χ1v) is 12.9. The summed E-state index contributed by atoms with van der Waals surface area (Å²) in [4.78, 5) is 40.1. The molecule has 8 nitrogen and oxygen atoms in total. The molecule has 0 saturated carbocycles. The molecule has 0 atom stereocenters. The Bertz CT molecular complexity index is 1590. The molecule has 1 fully saturated rings. The highest BCUT2D eigenvalue weighted by Crippen LogP contribution is 2.38. The van der Waals surface area contributed by atoms with Crippen LogP contribution in [0.4, 0.5) is 5.69 Å². The van der Waals surface area contributed by atoms with E-state index in [1.165, 1.54) is 29.2 Å². The standard InChI is InChI=1S/C27H22N4O4S2/c1-14-10-17(15(2)30(14)25-21(13-28)19-8-3-4-9-22(19)37-25)12-20-23(32)29-27(36)31(24(20)33)18-7-5-6-16(11-18)26(34)35/h5-7,10-12H,3-4,8-9H2,1-2H3,(H,34,35)(H,29,32,36). The number of anilines is 1. The van der Waals surface area contributed by atoms with Crippen molar-refractivity contribution < 1.29 is 19.5 Å². The predicted octanol–water partition coefficient (Wildman–Crippen LogP) is 4.44. The van der Waals surface area contributed by atoms with Gasteiger partial charge in [0.1, 0.15) is 16.6 Å². The highest BCUT2D eigenvalue weighted by atomic mass is 32.1. The predicted molar refractivity (Wildman–Crippen MR) is 144 cm³/mol. The van der Waals surface area contributed by atoms with Gasteiger partial charge in [-0.3, -0.25) is 19.8 Å². The summed E-state index contributed by atoms with van der Waals surface area (Å²) in [5.74, 6) is -2.42. The van der Waals surface area contributed by atoms with E-state index in [-0.39, 0.29) is 21.9 Å². The van der Waals surface area contributed by atoms with Gasteiger partial charge >= 0.3 is 5.97 Å². The van der Waals surface area contributed by atoms with Crippen molar-refractivity contribution in [3.05, 3.63) is 74.4 Å². The van der Waals surface area contributed by atoms with Gasteiger partial charge in [-0.05, 0) is 93.2 Å². The van der Waals surface area contributed by atoms with Gasteiger partial charge in [0.25, 0.3) is 11.8 Å². The van der Waals surface area contributed by atoms with E-state index in [0.717, 1.165) is 52.5 Å². The maximum atomic E-state index is 13.5. The Kier molecular flexibility index (Phi) is 6.27. The van der Waals surface area contributed by atoms with E-state index in [2.05, 4.69) is 11.4 Å². The number of thiophene rings is 1. The van der Waals surface area contributed by atoms with Crippen LogP contribution >= 0.6 is 23.6 Å². The molecule has 10 heteroatoms. The number of nitrogens with one attached hydrogen (secondary N) is 1. The smallest absolute Gasteiger partial charge is 0.335 e. The zero-order valence-electron chi connectivity index (χ0n) is 20.1. The molecule has 1 aliphatic heterocycles. The Morgan fingerprint density at radius 2 is 1.97 bits per heavy atom. The fourth-order valence-electron chi connectivity index (χ4n) is 4.90. The summed E-state index contributed by atoms with van der Waals surface area (Å²) >= 11 is 6.87. The monoisotopic (exact) mass is 530 g/mol. The van der Waals surface area contributed by atoms with Crippen LogP contribution in [0.25, 0.3) is 11.1 Å². The second-order valence-corrected chi connectivity index (χ2v) is 10.4. The van der Waals surface area contributed by atoms with Crippen molar-refractivity contribution in [3.8, 4) is 11.1 Å². The molecule has 5 rings (SSSR count). The van der Waals surface area contributed by atoms with Gasteiger partial charge in [-0.1, -0.05) is 6.07 Å². The fourth-order valence-corrected chi connectivity index (χ4v) is 6.63. The van der Waals surface area contributed by atoms with E-state index in [0.29, 0.717) is 11.1 Å². The van der Waals surface area contributed by atoms with Crippen LogP contribution in [0.1, 0.15) is 56.2 Å². The lowest BCUT2D eigenvalue weighted by Gasteiger charge is -2.29. The van der Waals surface area contributed by atoms with Gasteiger partial charge in [0.05, 0.1) is 16.8 Å². The van der Waals surface area contributed by atoms with Crippen LogP contribution in [-0.4, -0.2) is 32.6 Å². The molecule has 2 N–H and O–H groups in total. The van der Waals surface area contributed by atoms with Gasteiger partial charge in [-0.2, -0.15) is 5.26 Å². The molecule has 3 aromatic rings. The van der Waals surface area contributed by atoms with Gasteiger partial charge in [-0.15, -0.1) is 11.3 Å². The van der Waals surface area contributed by atoms with Crippen molar-refractivity contribution >= 4 is 58.2 Å². The van der Waals surface area contributed by atoms with Crippen molar-refractivity contribution in [2.75, 3.05) is 4.90 Å². The minimum Gasteiger partial charge on any atom is -0.478 e. The van der Waals surface area contributed by atoms with Gasteiger partial charge < -0.3 is 9.67 Å². The van der Waals surface area contributed by atoms with Gasteiger partial charge in [0.2, 0.25) is 0 Å². The van der Waals surface area contributed by atoms with Crippen LogP contribution in [0.15, 0.2) is 35.9 Å². The van der Waals surface area contributed by atoms with Gasteiger partial charge in [-0.25, -0.2) is 4.79 Å². The quantitative estimate of drug-likeness (QED) is 0.293. The number of aromatic carboxylic acids is 1. The molecular weight excluding hydrogens is 508 g/mol. The number of rotatable bonds is 4. The third-order valence-electron chi connectivity index (χ3n) is 6.69. The number of amides is 2. The molecule has 1 aliphatic carbocycles. The first kappa shape index (κ1) is 24.6. The van der Waals surface area contributed by atoms with Crippen molar-refractivity contribution in [1.29, 1.82) is 5.26 Å². The number of carboxylic acids is 1. The topological polar surface area (TPSA) is 115 Å². The number of benzene rings is 1. The molecule has 0 spiro atoms. The molecule has 0 unspecified atom stereocenters. The maximum absolute atomic E-state index is 13.5. The minimum absolute atomic E-state index is 0.00832. The van der Waals surface area contributed by atoms with Crippen LogP contribution in [0.5, 0.6) is 0 Å². The molecule has 1 aromatic carbocycles. The zero-order valence-corrected chi connectivity index (χ0v) is 21.8. The molecule has 37 heavy (non-hydrogen) atoms. The highest BCUT2D eigenvalue weighted by molar-refractivity contribution is 7.80. The number of carboxylic acid groups (broad SMARTS) is 1. The summed E-state index contributed by atoms with van der Waals surface area (Å²) in [7, 11) is 0. The number of aryl methyl sites for hydroxylation is 2. The summed E-state index contributed by atoms with van der Waals surface area (Å²) in [6.45, 7) is 3.82. The van der Waals surface area contributed by atoms with Crippen LogP contribution in [0.3, 0.4) is 0 Å². The van der Waals surface area contributed by atoms with E-state index in [1.54, 1.807) is 17.4 Å². The van der Waals surface area contributed by atoms with E-state index >= 15 is 0 Å². The number of thiocarbonyl (C=S) groups is 1. The molecule has 1 saturated heterocycles. The van der Waals surface area contributed by atoms with Crippen LogP contribution < -0.4 is 10.2 Å². The Morgan fingerprint density at radius 3 is 2.70 bits per heavy atom. The third-order valence-corrected chi connectivity index (χ3v) is 8.25.